The molecule has 0 aliphatic carbocycles. The number of likely N-dealkylation sites (N-methyl/N-ethyl adjacent to an activating group) is 1. The van der Waals surface area contributed by atoms with Gasteiger partial charge in [-0.3, -0.25) is 30.1 Å². The number of halogens is 3. The number of nitrogens with zero attached hydrogens (tertiary/aromatic N) is 1. The third kappa shape index (κ3) is 5.81. The Bertz CT molecular complexity index is 878. The van der Waals surface area contributed by atoms with Crippen molar-refractivity contribution in [1.29, 1.82) is 0 Å². The Morgan fingerprint density at radius 2 is 1.50 bits per heavy atom. The Kier molecular flexibility index (Phi) is 7.10. The smallest absolute Gasteiger partial charge is 0.269 e. The van der Waals surface area contributed by atoms with E-state index in [2.05, 4.69) is 16.2 Å². The lowest BCUT2D eigenvalue weighted by Crippen LogP contribution is -2.46. The number of benzene rings is 2. The largest absolute Gasteiger partial charge is 0.322 e. The van der Waals surface area contributed by atoms with Crippen LogP contribution in [0.3, 0.4) is 0 Å². The van der Waals surface area contributed by atoms with E-state index in [1.807, 2.05) is 0 Å². The fraction of sp³-hybridized carbons (Fsp3) is 0.167. The number of carbonyl (C=O) groups excluding carboxylic acids is 3. The van der Waals surface area contributed by atoms with Crippen LogP contribution in [0, 0.1) is 17.5 Å². The molecule has 0 aromatic heterocycles. The predicted molar refractivity (Wildman–Crippen MR) is 94.5 cm³/mol. The summed E-state index contributed by atoms with van der Waals surface area (Å²) >= 11 is 0. The molecule has 3 N–H and O–H groups in total. The van der Waals surface area contributed by atoms with Gasteiger partial charge in [-0.1, -0.05) is 18.2 Å². The molecule has 28 heavy (non-hydrogen) atoms. The lowest BCUT2D eigenvalue weighted by atomic mass is 10.2. The van der Waals surface area contributed by atoms with E-state index in [9.17, 15) is 27.6 Å². The zero-order chi connectivity index (χ0) is 20.7. The van der Waals surface area contributed by atoms with Crippen LogP contribution >= 0.6 is 0 Å². The monoisotopic (exact) mass is 394 g/mol. The Morgan fingerprint density at radius 3 is 2.18 bits per heavy atom. The maximum Gasteiger partial charge on any atom is 0.269 e. The van der Waals surface area contributed by atoms with Gasteiger partial charge in [0, 0.05) is 5.56 Å². The van der Waals surface area contributed by atoms with Crippen LogP contribution in [0.1, 0.15) is 10.4 Å². The molecule has 0 unspecified atom stereocenters. The number of rotatable bonds is 6. The molecule has 0 saturated carbocycles. The SMILES string of the molecule is CN(CC(=O)NNC(=O)c1ccccc1)CC(=O)Nc1ccc(F)c(F)c1F. The number of hydrogen-bond acceptors (Lipinski definition) is 4. The van der Waals surface area contributed by atoms with Crippen molar-refractivity contribution >= 4 is 23.4 Å². The Balaban J connectivity index is 1.79. The molecule has 0 atom stereocenters. The topological polar surface area (TPSA) is 90.5 Å². The van der Waals surface area contributed by atoms with Crippen molar-refractivity contribution in [2.24, 2.45) is 0 Å². The average Bonchev–Trinajstić information content (AvgIpc) is 2.67. The molecular weight excluding hydrogens is 377 g/mol. The van der Waals surface area contributed by atoms with Gasteiger partial charge in [0.15, 0.2) is 17.5 Å². The van der Waals surface area contributed by atoms with Crippen molar-refractivity contribution in [3.63, 3.8) is 0 Å². The summed E-state index contributed by atoms with van der Waals surface area (Å²) in [5, 5.41) is 2.09. The molecule has 148 valence electrons. The minimum absolute atomic E-state index is 0.261. The Labute approximate surface area is 158 Å². The van der Waals surface area contributed by atoms with Gasteiger partial charge in [-0.25, -0.2) is 13.2 Å². The highest BCUT2D eigenvalue weighted by molar-refractivity contribution is 5.95. The number of carbonyl (C=O) groups is 3. The van der Waals surface area contributed by atoms with Crippen LogP contribution in [0.2, 0.25) is 0 Å². The van der Waals surface area contributed by atoms with Crippen LogP contribution in [0.4, 0.5) is 18.9 Å². The average molecular weight is 394 g/mol. The van der Waals surface area contributed by atoms with Crippen LogP contribution < -0.4 is 16.2 Å². The van der Waals surface area contributed by atoms with E-state index >= 15 is 0 Å². The second-order valence-corrected chi connectivity index (χ2v) is 5.81. The summed E-state index contributed by atoms with van der Waals surface area (Å²) in [5.74, 6) is -6.44. The zero-order valence-electron chi connectivity index (χ0n) is 14.8. The van der Waals surface area contributed by atoms with Crippen LogP contribution in [0.25, 0.3) is 0 Å². The van der Waals surface area contributed by atoms with Gasteiger partial charge < -0.3 is 5.32 Å². The fourth-order valence-electron chi connectivity index (χ4n) is 2.19. The summed E-state index contributed by atoms with van der Waals surface area (Å²) in [7, 11) is 1.43. The predicted octanol–water partition coefficient (Wildman–Crippen LogP) is 1.44. The van der Waals surface area contributed by atoms with Gasteiger partial charge in [-0.2, -0.15) is 0 Å². The first-order chi connectivity index (χ1) is 13.3. The van der Waals surface area contributed by atoms with E-state index in [-0.39, 0.29) is 13.1 Å². The summed E-state index contributed by atoms with van der Waals surface area (Å²) in [6, 6.07) is 9.77. The van der Waals surface area contributed by atoms with E-state index in [1.165, 1.54) is 11.9 Å². The molecule has 0 saturated heterocycles. The molecule has 0 spiro atoms. The van der Waals surface area contributed by atoms with Gasteiger partial charge in [0.25, 0.3) is 11.8 Å². The van der Waals surface area contributed by atoms with Gasteiger partial charge in [-0.05, 0) is 31.3 Å². The lowest BCUT2D eigenvalue weighted by Gasteiger charge is -2.16. The Hall–Kier alpha value is -3.40. The molecule has 2 rings (SSSR count). The van der Waals surface area contributed by atoms with Crippen molar-refractivity contribution in [1.82, 2.24) is 15.8 Å². The third-order valence-electron chi connectivity index (χ3n) is 3.49. The van der Waals surface area contributed by atoms with E-state index in [1.54, 1.807) is 30.3 Å². The number of anilines is 1. The van der Waals surface area contributed by atoms with Gasteiger partial charge in [0.1, 0.15) is 0 Å². The summed E-state index contributed by atoms with van der Waals surface area (Å²) in [4.78, 5) is 36.8. The van der Waals surface area contributed by atoms with Crippen LogP contribution in [-0.4, -0.2) is 42.8 Å². The molecule has 0 aliphatic rings. The second kappa shape index (κ2) is 9.51. The number of nitrogens with one attached hydrogen (secondary N) is 3. The first-order valence-electron chi connectivity index (χ1n) is 8.04. The van der Waals surface area contributed by atoms with E-state index in [0.717, 1.165) is 6.07 Å². The molecule has 10 heteroatoms. The summed E-state index contributed by atoms with van der Waals surface area (Å²) < 4.78 is 39.6. The second-order valence-electron chi connectivity index (χ2n) is 5.81. The Morgan fingerprint density at radius 1 is 0.857 bits per heavy atom. The fourth-order valence-corrected chi connectivity index (χ4v) is 2.19. The molecule has 2 aromatic carbocycles. The quantitative estimate of drug-likeness (QED) is 0.511. The summed E-state index contributed by atoms with van der Waals surface area (Å²) in [5.41, 5.74) is 4.25. The zero-order valence-corrected chi connectivity index (χ0v) is 14.8. The third-order valence-corrected chi connectivity index (χ3v) is 3.49. The minimum Gasteiger partial charge on any atom is -0.322 e. The molecular formula is C18H17F3N4O3. The molecule has 0 bridgehead atoms. The van der Waals surface area contributed by atoms with Crippen molar-refractivity contribution < 1.29 is 27.6 Å². The van der Waals surface area contributed by atoms with E-state index < -0.39 is 40.9 Å². The lowest BCUT2D eigenvalue weighted by molar-refractivity contribution is -0.123. The van der Waals surface area contributed by atoms with Crippen LogP contribution in [-0.2, 0) is 9.59 Å². The van der Waals surface area contributed by atoms with E-state index in [0.29, 0.717) is 11.6 Å². The standard InChI is InChI=1S/C18H17F3N4O3/c1-25(9-14(26)22-13-8-7-12(19)16(20)17(13)21)10-15(27)23-24-18(28)11-5-3-2-4-6-11/h2-8H,9-10H2,1H3,(H,22,26)(H,23,27)(H,24,28). The summed E-state index contributed by atoms with van der Waals surface area (Å²) in [6.07, 6.45) is 0. The van der Waals surface area contributed by atoms with Crippen molar-refractivity contribution in [3.05, 3.63) is 65.5 Å². The van der Waals surface area contributed by atoms with Crippen molar-refractivity contribution in [3.8, 4) is 0 Å². The molecule has 3 amide bonds. The molecule has 0 heterocycles. The molecule has 7 nitrogen and oxygen atoms in total. The first-order valence-corrected chi connectivity index (χ1v) is 8.04. The minimum atomic E-state index is -1.69. The highest BCUT2D eigenvalue weighted by Gasteiger charge is 2.17. The summed E-state index contributed by atoms with van der Waals surface area (Å²) in [6.45, 7) is -0.596. The normalized spacial score (nSPS) is 10.5. The van der Waals surface area contributed by atoms with Crippen molar-refractivity contribution in [2.75, 3.05) is 25.5 Å². The molecule has 0 aliphatic heterocycles. The van der Waals surface area contributed by atoms with Crippen LogP contribution in [0.15, 0.2) is 42.5 Å². The van der Waals surface area contributed by atoms with Crippen molar-refractivity contribution in [2.45, 2.75) is 0 Å². The molecule has 2 aromatic rings. The molecule has 0 radical (unpaired) electrons. The number of hydrogen-bond donors (Lipinski definition) is 3. The number of amides is 3. The van der Waals surface area contributed by atoms with Crippen LogP contribution in [0.5, 0.6) is 0 Å². The highest BCUT2D eigenvalue weighted by atomic mass is 19.2. The van der Waals surface area contributed by atoms with Gasteiger partial charge in [-0.15, -0.1) is 0 Å². The molecule has 0 fully saturated rings. The first kappa shape index (κ1) is 20.9. The van der Waals surface area contributed by atoms with Gasteiger partial charge in [0.05, 0.1) is 18.8 Å². The van der Waals surface area contributed by atoms with Gasteiger partial charge in [0.2, 0.25) is 5.91 Å². The highest BCUT2D eigenvalue weighted by Crippen LogP contribution is 2.19. The maximum atomic E-state index is 13.5. The van der Waals surface area contributed by atoms with Gasteiger partial charge >= 0.3 is 0 Å². The number of hydrazine groups is 1. The maximum absolute atomic E-state index is 13.5. The van der Waals surface area contributed by atoms with E-state index in [4.69, 9.17) is 0 Å².